The zero-order valence-corrected chi connectivity index (χ0v) is 17.3. The fourth-order valence-electron chi connectivity index (χ4n) is 4.72. The van der Waals surface area contributed by atoms with Crippen LogP contribution in [0.3, 0.4) is 0 Å². The third kappa shape index (κ3) is 5.19. The Labute approximate surface area is 168 Å². The summed E-state index contributed by atoms with van der Waals surface area (Å²) in [6.07, 6.45) is 8.98. The van der Waals surface area contributed by atoms with Gasteiger partial charge in [-0.15, -0.1) is 0 Å². The normalized spacial score (nSPS) is 25.0. The summed E-state index contributed by atoms with van der Waals surface area (Å²) in [7, 11) is 0. The minimum Gasteiger partial charge on any atom is -0.457 e. The Morgan fingerprint density at radius 3 is 2.68 bits per heavy atom. The first kappa shape index (κ1) is 21.0. The largest absolute Gasteiger partial charge is 0.511 e. The lowest BCUT2D eigenvalue weighted by atomic mass is 9.71. The van der Waals surface area contributed by atoms with E-state index in [4.69, 9.17) is 19.9 Å². The topological polar surface area (TPSA) is 70.8 Å². The van der Waals surface area contributed by atoms with Crippen LogP contribution in [0.1, 0.15) is 82.3 Å². The van der Waals surface area contributed by atoms with Crippen molar-refractivity contribution in [1.82, 2.24) is 0 Å². The molecule has 0 unspecified atom stereocenters. The highest BCUT2D eigenvalue weighted by Crippen LogP contribution is 2.39. The highest BCUT2D eigenvalue weighted by Gasteiger charge is 2.33. The number of hydrogen-bond acceptors (Lipinski definition) is 5. The van der Waals surface area contributed by atoms with E-state index in [0.29, 0.717) is 17.6 Å². The first-order valence-corrected chi connectivity index (χ1v) is 11.0. The fraction of sp³-hybridized carbons (Fsp3) is 0.696. The standard InChI is InChI=1S/C23H35NO4/c1-3-8-20-21-14-19(12-11-17(21)13-16(4-2)22(20)24)26-15-27-23(25)28-18-9-6-5-7-10-18/h11-12,14,16,18,20,22H,3-10,13,15,24H2,1-2H3/t16-,20+,22-/m0/s1. The molecule has 2 aliphatic rings. The summed E-state index contributed by atoms with van der Waals surface area (Å²) in [6.45, 7) is 4.29. The maximum Gasteiger partial charge on any atom is 0.511 e. The van der Waals surface area contributed by atoms with Gasteiger partial charge in [0.25, 0.3) is 0 Å². The zero-order chi connectivity index (χ0) is 19.9. The van der Waals surface area contributed by atoms with Gasteiger partial charge in [-0.1, -0.05) is 39.2 Å². The fourth-order valence-corrected chi connectivity index (χ4v) is 4.72. The average molecular weight is 390 g/mol. The average Bonchev–Trinajstić information content (AvgIpc) is 2.71. The van der Waals surface area contributed by atoms with Crippen molar-refractivity contribution in [3.05, 3.63) is 29.3 Å². The van der Waals surface area contributed by atoms with Crippen LogP contribution in [0.25, 0.3) is 0 Å². The molecule has 2 aliphatic carbocycles. The van der Waals surface area contributed by atoms with Crippen molar-refractivity contribution in [2.75, 3.05) is 6.79 Å². The molecule has 0 saturated heterocycles. The summed E-state index contributed by atoms with van der Waals surface area (Å²) in [5.41, 5.74) is 9.25. The number of benzene rings is 1. The number of carbonyl (C=O) groups excluding carboxylic acids is 1. The first-order chi connectivity index (χ1) is 13.6. The van der Waals surface area contributed by atoms with Crippen molar-refractivity contribution in [2.45, 2.75) is 89.7 Å². The van der Waals surface area contributed by atoms with Gasteiger partial charge in [0.05, 0.1) is 0 Å². The lowest BCUT2D eigenvalue weighted by molar-refractivity contribution is -0.0225. The molecule has 0 aliphatic heterocycles. The predicted molar refractivity (Wildman–Crippen MR) is 109 cm³/mol. The maximum absolute atomic E-state index is 11.8. The second-order valence-corrected chi connectivity index (χ2v) is 8.24. The van der Waals surface area contributed by atoms with Gasteiger partial charge in [-0.25, -0.2) is 4.79 Å². The predicted octanol–water partition coefficient (Wildman–Crippen LogP) is 5.30. The molecule has 0 aromatic heterocycles. The van der Waals surface area contributed by atoms with Crippen LogP contribution in [0.2, 0.25) is 0 Å². The number of rotatable bonds is 7. The molecule has 1 aromatic carbocycles. The molecular weight excluding hydrogens is 354 g/mol. The van der Waals surface area contributed by atoms with E-state index in [1.165, 1.54) is 17.5 Å². The molecule has 0 amide bonds. The quantitative estimate of drug-likeness (QED) is 0.506. The number of carbonyl (C=O) groups is 1. The highest BCUT2D eigenvalue weighted by molar-refractivity contribution is 5.60. The lowest BCUT2D eigenvalue weighted by Gasteiger charge is -2.37. The van der Waals surface area contributed by atoms with Gasteiger partial charge in [-0.2, -0.15) is 0 Å². The van der Waals surface area contributed by atoms with Crippen molar-refractivity contribution in [2.24, 2.45) is 11.7 Å². The molecule has 0 bridgehead atoms. The van der Waals surface area contributed by atoms with Crippen LogP contribution in [0.15, 0.2) is 18.2 Å². The first-order valence-electron chi connectivity index (χ1n) is 11.0. The van der Waals surface area contributed by atoms with Crippen molar-refractivity contribution in [1.29, 1.82) is 0 Å². The van der Waals surface area contributed by atoms with E-state index >= 15 is 0 Å². The van der Waals surface area contributed by atoms with Gasteiger partial charge >= 0.3 is 6.16 Å². The number of nitrogens with two attached hydrogens (primary N) is 1. The molecular formula is C23H35NO4. The summed E-state index contributed by atoms with van der Waals surface area (Å²) in [5.74, 6) is 1.61. The Balaban J connectivity index is 1.56. The Hall–Kier alpha value is -1.75. The maximum atomic E-state index is 11.8. The molecule has 28 heavy (non-hydrogen) atoms. The summed E-state index contributed by atoms with van der Waals surface area (Å²) >= 11 is 0. The van der Waals surface area contributed by atoms with Crippen LogP contribution in [0.5, 0.6) is 5.75 Å². The molecule has 5 nitrogen and oxygen atoms in total. The number of fused-ring (bicyclic) bond motifs is 1. The SMILES string of the molecule is CCC[C@@H]1c2cc(OCOC(=O)OC3CCCCC3)ccc2C[C@H](CC)[C@@H]1N. The van der Waals surface area contributed by atoms with Gasteiger partial charge in [0.15, 0.2) is 0 Å². The highest BCUT2D eigenvalue weighted by atomic mass is 16.8. The van der Waals surface area contributed by atoms with Crippen LogP contribution in [0, 0.1) is 5.92 Å². The molecule has 1 fully saturated rings. The van der Waals surface area contributed by atoms with Crippen LogP contribution in [-0.2, 0) is 15.9 Å². The smallest absolute Gasteiger partial charge is 0.457 e. The van der Waals surface area contributed by atoms with E-state index in [-0.39, 0.29) is 18.9 Å². The molecule has 1 saturated carbocycles. The molecule has 156 valence electrons. The van der Waals surface area contributed by atoms with Crippen molar-refractivity contribution >= 4 is 6.16 Å². The molecule has 5 heteroatoms. The second-order valence-electron chi connectivity index (χ2n) is 8.24. The van der Waals surface area contributed by atoms with E-state index in [2.05, 4.69) is 26.0 Å². The Bertz CT molecular complexity index is 641. The Kier molecular flexibility index (Phi) is 7.60. The van der Waals surface area contributed by atoms with Gasteiger partial charge in [-0.05, 0) is 73.6 Å². The zero-order valence-electron chi connectivity index (χ0n) is 17.3. The van der Waals surface area contributed by atoms with Gasteiger partial charge in [0.1, 0.15) is 11.9 Å². The third-order valence-corrected chi connectivity index (χ3v) is 6.35. The summed E-state index contributed by atoms with van der Waals surface area (Å²) < 4.78 is 16.1. The molecule has 0 heterocycles. The third-order valence-electron chi connectivity index (χ3n) is 6.35. The molecule has 0 spiro atoms. The lowest BCUT2D eigenvalue weighted by Crippen LogP contribution is -2.41. The molecule has 2 N–H and O–H groups in total. The van der Waals surface area contributed by atoms with Crippen LogP contribution in [0.4, 0.5) is 4.79 Å². The van der Waals surface area contributed by atoms with Crippen LogP contribution in [-0.4, -0.2) is 25.1 Å². The number of ether oxygens (including phenoxy) is 3. The Morgan fingerprint density at radius 2 is 1.96 bits per heavy atom. The minimum atomic E-state index is -0.637. The summed E-state index contributed by atoms with van der Waals surface area (Å²) in [4.78, 5) is 11.8. The van der Waals surface area contributed by atoms with E-state index < -0.39 is 6.16 Å². The van der Waals surface area contributed by atoms with Crippen molar-refractivity contribution in [3.63, 3.8) is 0 Å². The van der Waals surface area contributed by atoms with Crippen LogP contribution < -0.4 is 10.5 Å². The Morgan fingerprint density at radius 1 is 1.18 bits per heavy atom. The summed E-state index contributed by atoms with van der Waals surface area (Å²) in [5, 5.41) is 0. The summed E-state index contributed by atoms with van der Waals surface area (Å²) in [6, 6.07) is 6.37. The van der Waals surface area contributed by atoms with Gasteiger partial charge in [0.2, 0.25) is 6.79 Å². The molecule has 3 atom stereocenters. The molecule has 1 aromatic rings. The van der Waals surface area contributed by atoms with Crippen molar-refractivity contribution < 1.29 is 19.0 Å². The van der Waals surface area contributed by atoms with Crippen molar-refractivity contribution in [3.8, 4) is 5.75 Å². The van der Waals surface area contributed by atoms with Crippen LogP contribution >= 0.6 is 0 Å². The van der Waals surface area contributed by atoms with Gasteiger partial charge in [-0.3, -0.25) is 0 Å². The van der Waals surface area contributed by atoms with E-state index in [9.17, 15) is 4.79 Å². The van der Waals surface area contributed by atoms with Gasteiger partial charge < -0.3 is 19.9 Å². The number of hydrogen-bond donors (Lipinski definition) is 1. The van der Waals surface area contributed by atoms with E-state index in [1.54, 1.807) is 0 Å². The molecule has 3 rings (SSSR count). The van der Waals surface area contributed by atoms with E-state index in [0.717, 1.165) is 51.4 Å². The minimum absolute atomic E-state index is 0.00667. The van der Waals surface area contributed by atoms with Gasteiger partial charge in [0, 0.05) is 6.04 Å². The van der Waals surface area contributed by atoms with E-state index in [1.807, 2.05) is 6.07 Å². The second kappa shape index (κ2) is 10.1. The molecule has 0 radical (unpaired) electrons. The monoisotopic (exact) mass is 389 g/mol.